The Hall–Kier alpha value is -8.61. The van der Waals surface area contributed by atoms with Gasteiger partial charge in [0.25, 0.3) is 0 Å². The van der Waals surface area contributed by atoms with Crippen LogP contribution in [0.3, 0.4) is 0 Å². The van der Waals surface area contributed by atoms with E-state index in [1.54, 1.807) is 0 Å². The van der Waals surface area contributed by atoms with Crippen LogP contribution in [0.1, 0.15) is 76.3 Å². The molecule has 9 aromatic carbocycles. The van der Waals surface area contributed by atoms with E-state index in [-0.39, 0.29) is 0 Å². The molecule has 2 aromatic heterocycles. The summed E-state index contributed by atoms with van der Waals surface area (Å²) in [7, 11) is 0. The molecule has 0 atom stereocenters. The van der Waals surface area contributed by atoms with Crippen molar-refractivity contribution in [3.63, 3.8) is 0 Å². The first-order valence-electron chi connectivity index (χ1n) is 27.1. The van der Waals surface area contributed by atoms with Gasteiger partial charge in [0.15, 0.2) is 17.5 Å². The molecule has 0 N–H and O–H groups in total. The zero-order valence-electron chi connectivity index (χ0n) is 43.2. The number of fused-ring (bicyclic) bond motifs is 3. The highest BCUT2D eigenvalue weighted by molar-refractivity contribution is 6.12. The average Bonchev–Trinajstić information content (AvgIpc) is 3.83. The van der Waals surface area contributed by atoms with Crippen LogP contribution in [0.5, 0.6) is 0 Å². The van der Waals surface area contributed by atoms with Gasteiger partial charge in [0.05, 0.1) is 11.0 Å². The van der Waals surface area contributed by atoms with Gasteiger partial charge in [-0.1, -0.05) is 174 Å². The molecular formula is C69H64N6. The molecule has 0 amide bonds. The lowest BCUT2D eigenvalue weighted by Gasteiger charge is -2.26. The van der Waals surface area contributed by atoms with Crippen LogP contribution in [0.2, 0.25) is 0 Å². The van der Waals surface area contributed by atoms with Gasteiger partial charge in [0.1, 0.15) is 0 Å². The zero-order chi connectivity index (χ0) is 50.8. The molecule has 0 aliphatic heterocycles. The normalized spacial score (nSPS) is 11.3. The van der Waals surface area contributed by atoms with Crippen LogP contribution in [0.15, 0.2) is 231 Å². The number of anilines is 6. The van der Waals surface area contributed by atoms with Crippen molar-refractivity contribution in [3.05, 3.63) is 242 Å². The summed E-state index contributed by atoms with van der Waals surface area (Å²) >= 11 is 0. The summed E-state index contributed by atoms with van der Waals surface area (Å²) < 4.78 is 2.41. The van der Waals surface area contributed by atoms with E-state index in [4.69, 9.17) is 15.0 Å². The molecule has 0 unspecified atom stereocenters. The van der Waals surface area contributed by atoms with E-state index in [1.165, 1.54) is 73.3 Å². The molecule has 0 radical (unpaired) electrons. The zero-order valence-corrected chi connectivity index (χ0v) is 43.2. The molecule has 370 valence electrons. The van der Waals surface area contributed by atoms with E-state index < -0.39 is 0 Å². The highest BCUT2D eigenvalue weighted by Crippen LogP contribution is 2.43. The second-order valence-electron chi connectivity index (χ2n) is 19.6. The number of hydrogen-bond acceptors (Lipinski definition) is 5. The number of hydrogen-bond donors (Lipinski definition) is 0. The highest BCUT2D eigenvalue weighted by atomic mass is 15.2. The molecule has 0 saturated carbocycles. The second kappa shape index (κ2) is 23.1. The molecule has 0 aliphatic carbocycles. The first kappa shape index (κ1) is 48.6. The van der Waals surface area contributed by atoms with E-state index in [2.05, 4.69) is 198 Å². The Balaban J connectivity index is 1.06. The number of benzene rings is 9. The topological polar surface area (TPSA) is 50.1 Å². The van der Waals surface area contributed by atoms with Gasteiger partial charge in [-0.3, -0.25) is 0 Å². The highest BCUT2D eigenvalue weighted by Gasteiger charge is 2.21. The molecule has 0 saturated heterocycles. The van der Waals surface area contributed by atoms with Gasteiger partial charge in [0, 0.05) is 67.3 Å². The first-order chi connectivity index (χ1) is 37.1. The van der Waals surface area contributed by atoms with Crippen molar-refractivity contribution in [1.82, 2.24) is 19.5 Å². The minimum absolute atomic E-state index is 0.628. The Morgan fingerprint density at radius 1 is 0.320 bits per heavy atom. The van der Waals surface area contributed by atoms with E-state index in [1.807, 2.05) is 60.7 Å². The van der Waals surface area contributed by atoms with E-state index >= 15 is 0 Å². The van der Waals surface area contributed by atoms with E-state index in [0.717, 1.165) is 80.4 Å². The smallest absolute Gasteiger partial charge is 0.164 e. The van der Waals surface area contributed by atoms with Gasteiger partial charge in [-0.15, -0.1) is 0 Å². The minimum Gasteiger partial charge on any atom is -0.310 e. The van der Waals surface area contributed by atoms with Gasteiger partial charge in [-0.05, 0) is 146 Å². The van der Waals surface area contributed by atoms with Crippen molar-refractivity contribution in [2.24, 2.45) is 0 Å². The Morgan fingerprint density at radius 3 is 1.11 bits per heavy atom. The number of para-hydroxylation sites is 2. The third-order valence-electron chi connectivity index (χ3n) is 14.3. The molecule has 0 aliphatic rings. The maximum atomic E-state index is 5.06. The maximum Gasteiger partial charge on any atom is 0.164 e. The Kier molecular flexibility index (Phi) is 15.0. The van der Waals surface area contributed by atoms with Crippen LogP contribution in [0, 0.1) is 0 Å². The predicted molar refractivity (Wildman–Crippen MR) is 316 cm³/mol. The van der Waals surface area contributed by atoms with E-state index in [0.29, 0.717) is 17.5 Å². The number of aryl methyl sites for hydroxylation is 2. The fourth-order valence-electron chi connectivity index (χ4n) is 10.5. The maximum absolute atomic E-state index is 5.06. The van der Waals surface area contributed by atoms with Crippen molar-refractivity contribution in [3.8, 4) is 39.9 Å². The Labute approximate surface area is 442 Å². The second-order valence-corrected chi connectivity index (χ2v) is 19.6. The summed E-state index contributed by atoms with van der Waals surface area (Å²) in [6.07, 6.45) is 12.0. The van der Waals surface area contributed by atoms with E-state index in [9.17, 15) is 0 Å². The largest absolute Gasteiger partial charge is 0.310 e. The molecule has 75 heavy (non-hydrogen) atoms. The summed E-state index contributed by atoms with van der Waals surface area (Å²) in [5.41, 5.74) is 15.6. The van der Waals surface area contributed by atoms with Gasteiger partial charge in [0.2, 0.25) is 0 Å². The molecule has 0 bridgehead atoms. The monoisotopic (exact) mass is 977 g/mol. The number of unbranched alkanes of at least 4 members (excludes halogenated alkanes) is 6. The van der Waals surface area contributed by atoms with Crippen molar-refractivity contribution in [1.29, 1.82) is 0 Å². The fraction of sp³-hybridized carbons (Fsp3) is 0.174. The molecule has 6 nitrogen and oxygen atoms in total. The number of aromatic nitrogens is 4. The molecule has 11 aromatic rings. The SMILES string of the molecule is CCCCCCc1cccc(N(c2ccccc2)c2ccc3c(c2)c2cc(N(c4ccccc4)c4cccc(CCCCCC)c4)ccc2n3-c2ccc(-c3nc(-c4ccccc4)nc(-c4ccccc4)n3)cc2)c1. The quantitative estimate of drug-likeness (QED) is 0.0712. The third-order valence-corrected chi connectivity index (χ3v) is 14.3. The van der Waals surface area contributed by atoms with Crippen LogP contribution in [-0.4, -0.2) is 19.5 Å². The van der Waals surface area contributed by atoms with Crippen LogP contribution >= 0.6 is 0 Å². The summed E-state index contributed by atoms with van der Waals surface area (Å²) in [6, 6.07) is 82.9. The van der Waals surface area contributed by atoms with Gasteiger partial charge >= 0.3 is 0 Å². The van der Waals surface area contributed by atoms with Crippen molar-refractivity contribution in [2.75, 3.05) is 9.80 Å². The molecule has 0 spiro atoms. The number of nitrogens with zero attached hydrogens (tertiary/aromatic N) is 6. The third kappa shape index (κ3) is 10.9. The van der Waals surface area contributed by atoms with Crippen LogP contribution in [0.4, 0.5) is 34.1 Å². The number of rotatable bonds is 20. The molecule has 0 fully saturated rings. The fourth-order valence-corrected chi connectivity index (χ4v) is 10.5. The molecule has 11 rings (SSSR count). The Bertz CT molecular complexity index is 3410. The van der Waals surface area contributed by atoms with Crippen LogP contribution in [0.25, 0.3) is 61.7 Å². The molecule has 2 heterocycles. The van der Waals surface area contributed by atoms with Gasteiger partial charge < -0.3 is 14.4 Å². The van der Waals surface area contributed by atoms with Crippen molar-refractivity contribution < 1.29 is 0 Å². The average molecular weight is 977 g/mol. The minimum atomic E-state index is 0.628. The lowest BCUT2D eigenvalue weighted by molar-refractivity contribution is 0.667. The summed E-state index contributed by atoms with van der Waals surface area (Å²) in [6.45, 7) is 4.55. The van der Waals surface area contributed by atoms with Gasteiger partial charge in [-0.25, -0.2) is 15.0 Å². The first-order valence-corrected chi connectivity index (χ1v) is 27.1. The Morgan fingerprint density at radius 2 is 0.693 bits per heavy atom. The van der Waals surface area contributed by atoms with Crippen LogP contribution < -0.4 is 9.80 Å². The summed E-state index contributed by atoms with van der Waals surface area (Å²) in [5, 5.41) is 2.33. The summed E-state index contributed by atoms with van der Waals surface area (Å²) in [4.78, 5) is 19.9. The lowest BCUT2D eigenvalue weighted by atomic mass is 10.0. The summed E-state index contributed by atoms with van der Waals surface area (Å²) in [5.74, 6) is 1.91. The molecular weight excluding hydrogens is 913 g/mol. The molecule has 6 heteroatoms. The predicted octanol–water partition coefficient (Wildman–Crippen LogP) is 19.2. The lowest BCUT2D eigenvalue weighted by Crippen LogP contribution is -2.10. The van der Waals surface area contributed by atoms with Crippen molar-refractivity contribution >= 4 is 55.9 Å². The van der Waals surface area contributed by atoms with Gasteiger partial charge in [-0.2, -0.15) is 0 Å². The standard InChI is InChI=1S/C69H64N6/c1-3-5-7-13-25-51-27-23-37-59(47-51)73(56-33-19-11-20-34-56)61-43-45-65-63(49-61)64-50-62(74(57-35-21-12-22-36-57)60-38-24-28-52(48-60)26-14-8-6-4-2)44-46-66(64)75(65)58-41-39-55(40-42-58)69-71-67(53-29-15-9-16-30-53)70-68(72-69)54-31-17-10-18-32-54/h9-12,15-24,27-50H,3-8,13-14,25-26H2,1-2H3. The van der Waals surface area contributed by atoms with Crippen molar-refractivity contribution in [2.45, 2.75) is 78.1 Å². The van der Waals surface area contributed by atoms with Crippen LogP contribution in [-0.2, 0) is 12.8 Å².